The molecule has 0 aromatic heterocycles. The SMILES string of the molecule is CCCCC/C=C\C/C=C\C/C=C\C=C\C(=O)CCCC(=O)O[C@H](COC(=O)CCCCCCC/C=C\C/C=C\CCCCC)COP(=O)(O)O. The summed E-state index contributed by atoms with van der Waals surface area (Å²) >= 11 is 0. The molecule has 2 N–H and O–H groups in total. The van der Waals surface area contributed by atoms with Gasteiger partial charge in [-0.2, -0.15) is 0 Å². The van der Waals surface area contributed by atoms with Crippen molar-refractivity contribution in [3.8, 4) is 0 Å². The van der Waals surface area contributed by atoms with E-state index in [1.807, 2.05) is 6.08 Å². The predicted octanol–water partition coefficient (Wildman–Crippen LogP) is 10.7. The third kappa shape index (κ3) is 38.2. The molecule has 0 bridgehead atoms. The molecule has 0 spiro atoms. The van der Waals surface area contributed by atoms with Crippen LogP contribution < -0.4 is 0 Å². The quantitative estimate of drug-likeness (QED) is 0.0165. The summed E-state index contributed by atoms with van der Waals surface area (Å²) in [5, 5.41) is 0. The van der Waals surface area contributed by atoms with Gasteiger partial charge >= 0.3 is 19.8 Å². The van der Waals surface area contributed by atoms with Crippen LogP contribution in [0.2, 0.25) is 0 Å². The predicted molar refractivity (Wildman–Crippen MR) is 207 cm³/mol. The zero-order valence-electron chi connectivity index (χ0n) is 31.5. The molecule has 0 amide bonds. The van der Waals surface area contributed by atoms with E-state index in [1.165, 1.54) is 44.6 Å². The van der Waals surface area contributed by atoms with E-state index in [2.05, 4.69) is 67.0 Å². The topological polar surface area (TPSA) is 136 Å². The molecule has 0 heterocycles. The molecule has 0 aliphatic heterocycles. The van der Waals surface area contributed by atoms with Crippen LogP contribution in [-0.2, 0) is 32.9 Å². The Bertz CT molecular complexity index is 1110. The van der Waals surface area contributed by atoms with Gasteiger partial charge in [-0.3, -0.25) is 18.9 Å². The van der Waals surface area contributed by atoms with E-state index in [1.54, 1.807) is 12.2 Å². The molecule has 0 rings (SSSR count). The summed E-state index contributed by atoms with van der Waals surface area (Å²) in [5.41, 5.74) is 0. The number of rotatable bonds is 34. The van der Waals surface area contributed by atoms with Gasteiger partial charge in [0, 0.05) is 19.3 Å². The Hall–Kier alpha value is -2.84. The molecule has 0 aromatic rings. The second-order valence-corrected chi connectivity index (χ2v) is 13.8. The molecule has 9 nitrogen and oxygen atoms in total. The van der Waals surface area contributed by atoms with E-state index in [0.717, 1.165) is 64.2 Å². The molecule has 0 saturated carbocycles. The van der Waals surface area contributed by atoms with Gasteiger partial charge in [0.25, 0.3) is 0 Å². The van der Waals surface area contributed by atoms with E-state index in [4.69, 9.17) is 19.3 Å². The van der Waals surface area contributed by atoms with E-state index in [0.29, 0.717) is 6.42 Å². The van der Waals surface area contributed by atoms with Crippen LogP contribution in [0.3, 0.4) is 0 Å². The lowest BCUT2D eigenvalue weighted by Gasteiger charge is -2.18. The molecule has 1 atom stereocenters. The first-order chi connectivity index (χ1) is 24.7. The van der Waals surface area contributed by atoms with Crippen molar-refractivity contribution >= 4 is 25.5 Å². The second-order valence-electron chi connectivity index (χ2n) is 12.6. The van der Waals surface area contributed by atoms with Gasteiger partial charge in [0.15, 0.2) is 11.9 Å². The van der Waals surface area contributed by atoms with Gasteiger partial charge in [-0.05, 0) is 76.7 Å². The van der Waals surface area contributed by atoms with Gasteiger partial charge < -0.3 is 19.3 Å². The zero-order valence-corrected chi connectivity index (χ0v) is 32.4. The minimum Gasteiger partial charge on any atom is -0.462 e. The summed E-state index contributed by atoms with van der Waals surface area (Å²) in [6.07, 6.45) is 42.0. The average Bonchev–Trinajstić information content (AvgIpc) is 3.09. The summed E-state index contributed by atoms with van der Waals surface area (Å²) in [5.74, 6) is -1.30. The number of phosphoric ester groups is 1. The Morgan fingerprint density at radius 3 is 1.67 bits per heavy atom. The van der Waals surface area contributed by atoms with Crippen molar-refractivity contribution in [2.45, 2.75) is 155 Å². The van der Waals surface area contributed by atoms with Gasteiger partial charge in [-0.1, -0.05) is 126 Å². The fourth-order valence-corrected chi connectivity index (χ4v) is 5.13. The first kappa shape index (κ1) is 48.2. The fraction of sp³-hybridized carbons (Fsp3) is 0.634. The lowest BCUT2D eigenvalue weighted by Crippen LogP contribution is -2.29. The van der Waals surface area contributed by atoms with Crippen molar-refractivity contribution in [1.29, 1.82) is 0 Å². The Balaban J connectivity index is 4.22. The number of ether oxygens (including phenoxy) is 2. The number of carbonyl (C=O) groups is 3. The van der Waals surface area contributed by atoms with Crippen LogP contribution in [0.1, 0.15) is 149 Å². The molecule has 10 heteroatoms. The van der Waals surface area contributed by atoms with Crippen molar-refractivity contribution in [2.75, 3.05) is 13.2 Å². The van der Waals surface area contributed by atoms with Crippen LogP contribution >= 0.6 is 7.82 Å². The van der Waals surface area contributed by atoms with Crippen LogP contribution in [0.4, 0.5) is 0 Å². The Kier molecular flexibility index (Phi) is 33.6. The normalized spacial score (nSPS) is 13.2. The number of unbranched alkanes of at least 4 members (excludes halogenated alkanes) is 11. The lowest BCUT2D eigenvalue weighted by molar-refractivity contribution is -0.161. The van der Waals surface area contributed by atoms with Gasteiger partial charge in [-0.25, -0.2) is 4.57 Å². The summed E-state index contributed by atoms with van der Waals surface area (Å²) in [7, 11) is -4.82. The second kappa shape index (κ2) is 35.6. The van der Waals surface area contributed by atoms with Gasteiger partial charge in [0.1, 0.15) is 6.61 Å². The maximum Gasteiger partial charge on any atom is 0.469 e. The first-order valence-corrected chi connectivity index (χ1v) is 20.7. The summed E-state index contributed by atoms with van der Waals surface area (Å²) in [4.78, 5) is 54.8. The molecule has 0 fully saturated rings. The first-order valence-electron chi connectivity index (χ1n) is 19.2. The minimum atomic E-state index is -4.82. The Labute approximate surface area is 308 Å². The minimum absolute atomic E-state index is 0.0837. The zero-order chi connectivity index (χ0) is 37.7. The van der Waals surface area contributed by atoms with Gasteiger partial charge in [-0.15, -0.1) is 0 Å². The molecule has 0 unspecified atom stereocenters. The Morgan fingerprint density at radius 1 is 0.569 bits per heavy atom. The number of hydrogen-bond donors (Lipinski definition) is 2. The molecule has 0 aromatic carbocycles. The molecule has 0 aliphatic rings. The Morgan fingerprint density at radius 2 is 1.08 bits per heavy atom. The molecule has 51 heavy (non-hydrogen) atoms. The fourth-order valence-electron chi connectivity index (χ4n) is 4.77. The third-order valence-electron chi connectivity index (χ3n) is 7.67. The third-order valence-corrected chi connectivity index (χ3v) is 8.16. The van der Waals surface area contributed by atoms with Crippen molar-refractivity contribution in [3.63, 3.8) is 0 Å². The maximum atomic E-state index is 12.3. The molecule has 0 radical (unpaired) electrons. The van der Waals surface area contributed by atoms with Crippen LogP contribution in [0.15, 0.2) is 72.9 Å². The van der Waals surface area contributed by atoms with E-state index in [-0.39, 0.29) is 38.1 Å². The van der Waals surface area contributed by atoms with Crippen LogP contribution in [0.5, 0.6) is 0 Å². The number of allylic oxidation sites excluding steroid dienone is 12. The highest BCUT2D eigenvalue weighted by atomic mass is 31.2. The highest BCUT2D eigenvalue weighted by molar-refractivity contribution is 7.46. The molecule has 0 saturated heterocycles. The lowest BCUT2D eigenvalue weighted by atomic mass is 10.1. The summed E-state index contributed by atoms with van der Waals surface area (Å²) in [6, 6.07) is 0. The average molecular weight is 735 g/mol. The van der Waals surface area contributed by atoms with Gasteiger partial charge in [0.2, 0.25) is 0 Å². The van der Waals surface area contributed by atoms with Crippen LogP contribution in [0, 0.1) is 0 Å². The summed E-state index contributed by atoms with van der Waals surface area (Å²) in [6.45, 7) is 3.39. The molecule has 290 valence electrons. The molecule has 0 aliphatic carbocycles. The standard InChI is InChI=1S/C41H67O9P/c1-3-5-7-9-11-13-15-17-18-20-22-24-26-28-30-34-40(43)48-36-39(37-49-51(45,46)47)50-41(44)35-31-33-38(42)32-29-27-25-23-21-19-16-14-12-10-8-6-4-2/h11-14,17-19,21,25,27,29,32,39H,3-10,15-16,20,22-24,26,28,30-31,33-37H2,1-2H3,(H2,45,46,47)/b13-11-,14-12-,18-17-,21-19-,27-25-,32-29+/t39-/m1/s1. The number of carbonyl (C=O) groups excluding carboxylic acids is 3. The highest BCUT2D eigenvalue weighted by Crippen LogP contribution is 2.35. The van der Waals surface area contributed by atoms with Crippen molar-refractivity contribution in [3.05, 3.63) is 72.9 Å². The summed E-state index contributed by atoms with van der Waals surface area (Å²) < 4.78 is 26.1. The molecular formula is C41H67O9P. The van der Waals surface area contributed by atoms with Crippen molar-refractivity contribution < 1.29 is 42.7 Å². The maximum absolute atomic E-state index is 12.3. The number of esters is 2. The number of phosphoric acid groups is 1. The van der Waals surface area contributed by atoms with Crippen molar-refractivity contribution in [1.82, 2.24) is 0 Å². The molecular weight excluding hydrogens is 667 g/mol. The van der Waals surface area contributed by atoms with Crippen LogP contribution in [-0.4, -0.2) is 46.8 Å². The largest absolute Gasteiger partial charge is 0.469 e. The smallest absolute Gasteiger partial charge is 0.462 e. The van der Waals surface area contributed by atoms with E-state index >= 15 is 0 Å². The number of ketones is 1. The monoisotopic (exact) mass is 734 g/mol. The van der Waals surface area contributed by atoms with Gasteiger partial charge in [0.05, 0.1) is 6.61 Å². The highest BCUT2D eigenvalue weighted by Gasteiger charge is 2.23. The van der Waals surface area contributed by atoms with E-state index < -0.39 is 32.5 Å². The number of hydrogen-bond acceptors (Lipinski definition) is 7. The van der Waals surface area contributed by atoms with Crippen LogP contribution in [0.25, 0.3) is 0 Å². The van der Waals surface area contributed by atoms with Crippen molar-refractivity contribution in [2.24, 2.45) is 0 Å². The van der Waals surface area contributed by atoms with E-state index in [9.17, 15) is 18.9 Å².